The zero-order valence-corrected chi connectivity index (χ0v) is 19.5. The fraction of sp³-hybridized carbons (Fsp3) is 0.480. The maximum absolute atomic E-state index is 13.2. The molecule has 0 N–H and O–H groups in total. The molecule has 0 aliphatic heterocycles. The number of aryl methyl sites for hydroxylation is 1. The van der Waals surface area contributed by atoms with Gasteiger partial charge in [-0.1, -0.05) is 50.6 Å². The van der Waals surface area contributed by atoms with Crippen LogP contribution in [0, 0.1) is 18.3 Å². The number of rotatable bonds is 4. The number of hydrogen-bond acceptors (Lipinski definition) is 5. The number of carbonyl (C=O) groups is 1. The lowest BCUT2D eigenvalue weighted by molar-refractivity contribution is -0.152. The molecule has 1 fully saturated rings. The Morgan fingerprint density at radius 2 is 1.84 bits per heavy atom. The Morgan fingerprint density at radius 1 is 1.16 bits per heavy atom. The molecule has 5 nitrogen and oxygen atoms in total. The lowest BCUT2D eigenvalue weighted by Gasteiger charge is -2.36. The molecule has 1 aliphatic rings. The molecule has 2 heterocycles. The molecule has 31 heavy (non-hydrogen) atoms. The van der Waals surface area contributed by atoms with Crippen molar-refractivity contribution in [2.24, 2.45) is 11.3 Å². The first-order valence-corrected chi connectivity index (χ1v) is 11.8. The van der Waals surface area contributed by atoms with Crippen LogP contribution in [-0.2, 0) is 16.1 Å². The lowest BCUT2D eigenvalue weighted by Crippen LogP contribution is -2.32. The summed E-state index contributed by atoms with van der Waals surface area (Å²) >= 11 is 1.44. The summed E-state index contributed by atoms with van der Waals surface area (Å²) in [6.45, 7) is 8.74. The third-order valence-electron chi connectivity index (χ3n) is 6.42. The molecular formula is C25H30N2O3S. The van der Waals surface area contributed by atoms with Crippen LogP contribution in [0.1, 0.15) is 52.0 Å². The average Bonchev–Trinajstić information content (AvgIpc) is 3.15. The molecule has 3 aromatic rings. The summed E-state index contributed by atoms with van der Waals surface area (Å²) in [4.78, 5) is 30.8. The molecule has 0 amide bonds. The molecule has 0 bridgehead atoms. The minimum absolute atomic E-state index is 0.0530. The highest BCUT2D eigenvalue weighted by Crippen LogP contribution is 2.38. The summed E-state index contributed by atoms with van der Waals surface area (Å²) in [5, 5.41) is 2.52. The Morgan fingerprint density at radius 3 is 2.48 bits per heavy atom. The Bertz CT molecular complexity index is 1130. The summed E-state index contributed by atoms with van der Waals surface area (Å²) in [5.74, 6) is 0.296. The van der Waals surface area contributed by atoms with E-state index in [2.05, 4.69) is 25.8 Å². The summed E-state index contributed by atoms with van der Waals surface area (Å²) in [7, 11) is 0. The van der Waals surface area contributed by atoms with Crippen LogP contribution in [0.2, 0.25) is 0 Å². The van der Waals surface area contributed by atoms with E-state index in [1.54, 1.807) is 0 Å². The van der Waals surface area contributed by atoms with Crippen LogP contribution >= 0.6 is 11.3 Å². The number of nitrogens with zero attached hydrogens (tertiary/aromatic N) is 2. The van der Waals surface area contributed by atoms with E-state index < -0.39 is 0 Å². The molecule has 0 spiro atoms. The van der Waals surface area contributed by atoms with Crippen molar-refractivity contribution in [2.75, 3.05) is 0 Å². The Kier molecular flexibility index (Phi) is 6.02. The molecule has 0 saturated heterocycles. The predicted octanol–water partition coefficient (Wildman–Crippen LogP) is 5.58. The first-order valence-electron chi connectivity index (χ1n) is 11.0. The number of thiophene rings is 1. The van der Waals surface area contributed by atoms with Crippen molar-refractivity contribution >= 4 is 27.5 Å². The zero-order valence-electron chi connectivity index (χ0n) is 18.7. The van der Waals surface area contributed by atoms with Crippen LogP contribution in [0.3, 0.4) is 0 Å². The normalized spacial score (nSPS) is 19.5. The van der Waals surface area contributed by atoms with Gasteiger partial charge < -0.3 is 4.74 Å². The number of carbonyl (C=O) groups excluding carboxylic acids is 1. The number of esters is 1. The van der Waals surface area contributed by atoms with E-state index >= 15 is 0 Å². The molecule has 164 valence electrons. The van der Waals surface area contributed by atoms with Crippen molar-refractivity contribution < 1.29 is 9.53 Å². The molecule has 0 unspecified atom stereocenters. The van der Waals surface area contributed by atoms with E-state index in [0.29, 0.717) is 21.5 Å². The van der Waals surface area contributed by atoms with Gasteiger partial charge in [-0.25, -0.2) is 4.98 Å². The molecule has 0 atom stereocenters. The molecule has 1 saturated carbocycles. The average molecular weight is 439 g/mol. The van der Waals surface area contributed by atoms with Gasteiger partial charge in [0.15, 0.2) is 0 Å². The van der Waals surface area contributed by atoms with Crippen molar-refractivity contribution in [1.29, 1.82) is 0 Å². The third kappa shape index (κ3) is 4.74. The van der Waals surface area contributed by atoms with Gasteiger partial charge in [-0.15, -0.1) is 11.3 Å². The summed E-state index contributed by atoms with van der Waals surface area (Å²) < 4.78 is 7.08. The topological polar surface area (TPSA) is 61.2 Å². The quantitative estimate of drug-likeness (QED) is 0.499. The second-order valence-electron chi connectivity index (χ2n) is 9.70. The van der Waals surface area contributed by atoms with Crippen LogP contribution in [0.4, 0.5) is 0 Å². The van der Waals surface area contributed by atoms with E-state index in [1.165, 1.54) is 22.2 Å². The van der Waals surface area contributed by atoms with E-state index in [0.717, 1.165) is 42.4 Å². The van der Waals surface area contributed by atoms with Gasteiger partial charge in [-0.2, -0.15) is 0 Å². The van der Waals surface area contributed by atoms with Crippen molar-refractivity contribution in [2.45, 2.75) is 66.0 Å². The number of ether oxygens (including phenoxy) is 1. The maximum Gasteiger partial charge on any atom is 0.326 e. The smallest absolute Gasteiger partial charge is 0.326 e. The molecular weight excluding hydrogens is 408 g/mol. The largest absolute Gasteiger partial charge is 0.461 e. The number of fused-ring (bicyclic) bond motifs is 1. The number of aromatic nitrogens is 2. The minimum Gasteiger partial charge on any atom is -0.461 e. The van der Waals surface area contributed by atoms with Gasteiger partial charge in [0.2, 0.25) is 0 Å². The van der Waals surface area contributed by atoms with Gasteiger partial charge in [0, 0.05) is 10.9 Å². The molecule has 1 aromatic carbocycles. The zero-order chi connectivity index (χ0) is 22.2. The van der Waals surface area contributed by atoms with Crippen LogP contribution in [-0.4, -0.2) is 21.6 Å². The molecule has 2 aromatic heterocycles. The second-order valence-corrected chi connectivity index (χ2v) is 10.6. The first-order chi connectivity index (χ1) is 14.7. The molecule has 6 heteroatoms. The minimum atomic E-state index is -0.366. The van der Waals surface area contributed by atoms with Gasteiger partial charge >= 0.3 is 5.97 Å². The highest BCUT2D eigenvalue weighted by molar-refractivity contribution is 7.17. The maximum atomic E-state index is 13.2. The van der Waals surface area contributed by atoms with Gasteiger partial charge in [-0.05, 0) is 49.5 Å². The second kappa shape index (κ2) is 8.58. The van der Waals surface area contributed by atoms with Crippen molar-refractivity contribution in [1.82, 2.24) is 9.55 Å². The van der Waals surface area contributed by atoms with Gasteiger partial charge in [0.25, 0.3) is 5.56 Å². The number of benzene rings is 1. The van der Waals surface area contributed by atoms with E-state index in [1.807, 2.05) is 36.6 Å². The first kappa shape index (κ1) is 21.8. The van der Waals surface area contributed by atoms with Crippen LogP contribution in [0.25, 0.3) is 21.3 Å². The number of hydrogen-bond donors (Lipinski definition) is 0. The predicted molar refractivity (Wildman–Crippen MR) is 125 cm³/mol. The third-order valence-corrected chi connectivity index (χ3v) is 7.31. The van der Waals surface area contributed by atoms with E-state index in [9.17, 15) is 9.59 Å². The van der Waals surface area contributed by atoms with Crippen LogP contribution in [0.15, 0.2) is 40.8 Å². The Hall–Kier alpha value is -2.47. The van der Waals surface area contributed by atoms with Crippen molar-refractivity contribution in [3.63, 3.8) is 0 Å². The van der Waals surface area contributed by atoms with E-state index in [-0.39, 0.29) is 24.2 Å². The highest BCUT2D eigenvalue weighted by atomic mass is 32.1. The summed E-state index contributed by atoms with van der Waals surface area (Å²) in [6.07, 6.45) is 5.33. The van der Waals surface area contributed by atoms with Gasteiger partial charge in [-0.3, -0.25) is 14.2 Å². The summed E-state index contributed by atoms with van der Waals surface area (Å²) in [6, 6.07) is 8.07. The van der Waals surface area contributed by atoms with Gasteiger partial charge in [0.1, 0.15) is 17.5 Å². The highest BCUT2D eigenvalue weighted by Gasteiger charge is 2.31. The SMILES string of the molecule is Cc1ccc(-c2csc3ncn(CC(=O)OC4CCC(C(C)(C)C)CC4)c(=O)c23)cc1. The van der Waals surface area contributed by atoms with Crippen LogP contribution in [0.5, 0.6) is 0 Å². The van der Waals surface area contributed by atoms with Crippen LogP contribution < -0.4 is 5.56 Å². The fourth-order valence-electron chi connectivity index (χ4n) is 4.43. The van der Waals surface area contributed by atoms with Crippen molar-refractivity contribution in [3.8, 4) is 11.1 Å². The molecule has 0 radical (unpaired) electrons. The lowest BCUT2D eigenvalue weighted by atomic mass is 9.72. The van der Waals surface area contributed by atoms with Crippen molar-refractivity contribution in [3.05, 3.63) is 51.9 Å². The Balaban J connectivity index is 1.48. The Labute approximate surface area is 187 Å². The molecule has 4 rings (SSSR count). The molecule has 1 aliphatic carbocycles. The standard InChI is InChI=1S/C25H30N2O3S/c1-16-5-7-17(8-6-16)20-14-31-23-22(20)24(29)27(15-26-23)13-21(28)30-19-11-9-18(10-12-19)25(2,3)4/h5-8,14-15,18-19H,9-13H2,1-4H3. The summed E-state index contributed by atoms with van der Waals surface area (Å²) in [5.41, 5.74) is 3.10. The van der Waals surface area contributed by atoms with Gasteiger partial charge in [0.05, 0.1) is 11.7 Å². The monoisotopic (exact) mass is 438 g/mol. The fourth-order valence-corrected chi connectivity index (χ4v) is 5.34. The van der Waals surface area contributed by atoms with E-state index in [4.69, 9.17) is 4.74 Å².